The molecule has 3 aliphatic heterocycles. The van der Waals surface area contributed by atoms with Gasteiger partial charge in [-0.15, -0.1) is 0 Å². The van der Waals surface area contributed by atoms with E-state index in [1.54, 1.807) is 12.1 Å². The van der Waals surface area contributed by atoms with Gasteiger partial charge in [0, 0.05) is 46.1 Å². The number of carbonyl (C=O) groups excluding carboxylic acids is 5. The minimum atomic E-state index is -0.937. The molecule has 1 aromatic rings. The van der Waals surface area contributed by atoms with E-state index in [0.29, 0.717) is 17.5 Å². The number of anilines is 1. The predicted octanol–water partition coefficient (Wildman–Crippen LogP) is 2.09. The molecule has 1 aromatic carbocycles. The van der Waals surface area contributed by atoms with Gasteiger partial charge >= 0.3 is 0 Å². The maximum absolute atomic E-state index is 13.4. The smallest absolute Gasteiger partial charge is 0.264 e. The van der Waals surface area contributed by atoms with Gasteiger partial charge in [0.2, 0.25) is 5.91 Å². The minimum Gasteiger partial charge on any atom is -0.368 e. The van der Waals surface area contributed by atoms with Crippen LogP contribution in [0, 0.1) is 0 Å². The lowest BCUT2D eigenvalue weighted by Gasteiger charge is -2.37. The first-order valence-corrected chi connectivity index (χ1v) is 12.7. The Labute approximate surface area is 206 Å². The van der Waals surface area contributed by atoms with Crippen LogP contribution in [-0.2, 0) is 14.4 Å². The summed E-state index contributed by atoms with van der Waals surface area (Å²) in [6, 6.07) is 4.37. The van der Waals surface area contributed by atoms with Gasteiger partial charge in [-0.05, 0) is 37.9 Å². The number of imide groups is 2. The zero-order chi connectivity index (χ0) is 24.9. The Morgan fingerprint density at radius 3 is 2.37 bits per heavy atom. The molecule has 0 radical (unpaired) electrons. The molecule has 0 saturated carbocycles. The molecule has 4 rings (SSSR count). The number of aldehydes is 1. The van der Waals surface area contributed by atoms with Crippen LogP contribution in [0.5, 0.6) is 0 Å². The highest BCUT2D eigenvalue weighted by atomic mass is 16.2. The van der Waals surface area contributed by atoms with Crippen molar-refractivity contribution in [2.24, 2.45) is 0 Å². The monoisotopic (exact) mass is 482 g/mol. The van der Waals surface area contributed by atoms with Crippen LogP contribution < -0.4 is 4.90 Å². The lowest BCUT2D eigenvalue weighted by Crippen LogP contribution is -2.54. The van der Waals surface area contributed by atoms with Gasteiger partial charge in [-0.1, -0.05) is 25.3 Å². The maximum Gasteiger partial charge on any atom is 0.264 e. The van der Waals surface area contributed by atoms with Gasteiger partial charge in [0.1, 0.15) is 12.3 Å². The molecule has 35 heavy (non-hydrogen) atoms. The van der Waals surface area contributed by atoms with E-state index in [4.69, 9.17) is 0 Å². The van der Waals surface area contributed by atoms with Crippen LogP contribution in [0.2, 0.25) is 0 Å². The maximum atomic E-state index is 13.4. The highest BCUT2D eigenvalue weighted by molar-refractivity contribution is 6.25. The van der Waals surface area contributed by atoms with Crippen LogP contribution in [0.25, 0.3) is 0 Å². The first kappa shape index (κ1) is 25.0. The fraction of sp³-hybridized carbons (Fsp3) is 0.577. The molecule has 2 saturated heterocycles. The topological polar surface area (TPSA) is 98.3 Å². The number of piperazine rings is 1. The molecule has 2 fully saturated rings. The zero-order valence-corrected chi connectivity index (χ0v) is 20.4. The number of amides is 4. The summed E-state index contributed by atoms with van der Waals surface area (Å²) in [6.45, 7) is 4.33. The van der Waals surface area contributed by atoms with Crippen molar-refractivity contribution < 1.29 is 24.0 Å². The Bertz CT molecular complexity index is 1000. The molecule has 0 N–H and O–H groups in total. The highest BCUT2D eigenvalue weighted by Gasteiger charge is 2.47. The van der Waals surface area contributed by atoms with E-state index in [0.717, 1.165) is 80.2 Å². The Balaban J connectivity index is 1.37. The van der Waals surface area contributed by atoms with Crippen LogP contribution >= 0.6 is 0 Å². The van der Waals surface area contributed by atoms with Gasteiger partial charge in [-0.3, -0.25) is 33.9 Å². The Morgan fingerprint density at radius 2 is 1.63 bits per heavy atom. The number of benzene rings is 1. The molecule has 3 aliphatic rings. The molecule has 0 spiro atoms. The number of nitrogens with zero attached hydrogens (tertiary/aromatic N) is 4. The number of piperidine rings is 1. The van der Waals surface area contributed by atoms with Gasteiger partial charge in [-0.25, -0.2) is 0 Å². The summed E-state index contributed by atoms with van der Waals surface area (Å²) in [7, 11) is 1.40. The van der Waals surface area contributed by atoms with E-state index < -0.39 is 23.8 Å². The van der Waals surface area contributed by atoms with E-state index in [2.05, 4.69) is 9.80 Å². The molecule has 0 aliphatic carbocycles. The third-order valence-electron chi connectivity index (χ3n) is 7.37. The Kier molecular flexibility index (Phi) is 7.95. The van der Waals surface area contributed by atoms with Crippen LogP contribution in [0.15, 0.2) is 18.2 Å². The minimum absolute atomic E-state index is 0.133. The molecule has 1 atom stereocenters. The summed E-state index contributed by atoms with van der Waals surface area (Å²) in [5.41, 5.74) is 1.44. The predicted molar refractivity (Wildman–Crippen MR) is 130 cm³/mol. The van der Waals surface area contributed by atoms with Crippen molar-refractivity contribution in [3.05, 3.63) is 29.3 Å². The number of hydrogen-bond donors (Lipinski definition) is 0. The van der Waals surface area contributed by atoms with Crippen molar-refractivity contribution in [3.8, 4) is 0 Å². The van der Waals surface area contributed by atoms with Crippen molar-refractivity contribution in [2.45, 2.75) is 57.4 Å². The molecule has 1 unspecified atom stereocenters. The Morgan fingerprint density at radius 1 is 0.914 bits per heavy atom. The van der Waals surface area contributed by atoms with Gasteiger partial charge < -0.3 is 9.69 Å². The van der Waals surface area contributed by atoms with Gasteiger partial charge in [0.25, 0.3) is 17.7 Å². The number of carbonyl (C=O) groups is 5. The average molecular weight is 483 g/mol. The molecule has 188 valence electrons. The lowest BCUT2D eigenvalue weighted by atomic mass is 10.0. The molecule has 0 bridgehead atoms. The van der Waals surface area contributed by atoms with Crippen molar-refractivity contribution in [1.29, 1.82) is 0 Å². The second-order valence-corrected chi connectivity index (χ2v) is 9.58. The lowest BCUT2D eigenvalue weighted by molar-refractivity contribution is -0.149. The molecule has 9 heteroatoms. The van der Waals surface area contributed by atoms with Gasteiger partial charge in [0.15, 0.2) is 0 Å². The van der Waals surface area contributed by atoms with E-state index in [9.17, 15) is 24.0 Å². The van der Waals surface area contributed by atoms with E-state index >= 15 is 0 Å². The molecular weight excluding hydrogens is 448 g/mol. The molecular formula is C26H34N4O5. The first-order valence-electron chi connectivity index (χ1n) is 12.7. The second kappa shape index (κ2) is 11.1. The summed E-state index contributed by atoms with van der Waals surface area (Å²) in [6.07, 6.45) is 7.48. The van der Waals surface area contributed by atoms with E-state index in [1.165, 1.54) is 13.5 Å². The number of rotatable bonds is 10. The quantitative estimate of drug-likeness (QED) is 0.286. The van der Waals surface area contributed by atoms with Crippen LogP contribution in [0.4, 0.5) is 5.69 Å². The standard InChI is InChI=1S/C26H34N4O5/c1-27-22(32)12-11-21(25(27)34)30-24(33)19-9-8-10-20(23(19)26(30)35)29-16-14-28(15-17-29)13-6-4-2-3-5-7-18-31/h8-10,18,21H,2-7,11-17H2,1H3. The first-order chi connectivity index (χ1) is 16.9. The SMILES string of the molecule is CN1C(=O)CCC(N2C(=O)c3cccc(N4CCN(CCCCCCCC=O)CC4)c3C2=O)C1=O. The molecule has 4 amide bonds. The number of likely N-dealkylation sites (N-methyl/N-ethyl adjacent to an activating group) is 1. The van der Waals surface area contributed by atoms with Crippen LogP contribution in [0.1, 0.15) is 72.1 Å². The normalized spacial score (nSPS) is 21.2. The fourth-order valence-corrected chi connectivity index (χ4v) is 5.28. The molecule has 9 nitrogen and oxygen atoms in total. The fourth-order valence-electron chi connectivity index (χ4n) is 5.28. The van der Waals surface area contributed by atoms with Crippen molar-refractivity contribution in [1.82, 2.24) is 14.7 Å². The zero-order valence-electron chi connectivity index (χ0n) is 20.4. The molecule has 0 aromatic heterocycles. The number of unbranched alkanes of at least 4 members (excludes halogenated alkanes) is 5. The Hall–Kier alpha value is -3.07. The second-order valence-electron chi connectivity index (χ2n) is 9.58. The summed E-state index contributed by atoms with van der Waals surface area (Å²) in [5, 5.41) is 0. The third-order valence-corrected chi connectivity index (χ3v) is 7.37. The largest absolute Gasteiger partial charge is 0.368 e. The number of fused-ring (bicyclic) bond motifs is 1. The summed E-state index contributed by atoms with van der Waals surface area (Å²) < 4.78 is 0. The summed E-state index contributed by atoms with van der Waals surface area (Å²) in [5.74, 6) is -1.70. The van der Waals surface area contributed by atoms with Gasteiger partial charge in [0.05, 0.1) is 16.8 Å². The van der Waals surface area contributed by atoms with Crippen molar-refractivity contribution >= 4 is 35.6 Å². The summed E-state index contributed by atoms with van der Waals surface area (Å²) in [4.78, 5) is 68.2. The van der Waals surface area contributed by atoms with Crippen molar-refractivity contribution in [2.75, 3.05) is 44.7 Å². The number of likely N-dealkylation sites (tertiary alicyclic amines) is 1. The molecule has 3 heterocycles. The van der Waals surface area contributed by atoms with Gasteiger partial charge in [-0.2, -0.15) is 0 Å². The van der Waals surface area contributed by atoms with Crippen molar-refractivity contribution in [3.63, 3.8) is 0 Å². The average Bonchev–Trinajstić information content (AvgIpc) is 3.12. The van der Waals surface area contributed by atoms with Crippen LogP contribution in [-0.4, -0.2) is 90.4 Å². The van der Waals surface area contributed by atoms with Crippen LogP contribution in [0.3, 0.4) is 0 Å². The third kappa shape index (κ3) is 5.15. The highest BCUT2D eigenvalue weighted by Crippen LogP contribution is 2.35. The number of hydrogen-bond acceptors (Lipinski definition) is 7. The van der Waals surface area contributed by atoms with E-state index in [1.807, 2.05) is 6.07 Å². The van der Waals surface area contributed by atoms with E-state index in [-0.39, 0.29) is 18.7 Å². The summed E-state index contributed by atoms with van der Waals surface area (Å²) >= 11 is 0.